The van der Waals surface area contributed by atoms with Crippen LogP contribution in [-0.2, 0) is 9.59 Å². The Morgan fingerprint density at radius 2 is 2.12 bits per heavy atom. The number of benzene rings is 2. The molecule has 2 aliphatic rings. The molecular weight excluding hydrogens is 447 g/mol. The van der Waals surface area contributed by atoms with Crippen LogP contribution in [0.5, 0.6) is 5.75 Å². The molecule has 3 heterocycles. The Labute approximate surface area is 194 Å². The zero-order valence-electron chi connectivity index (χ0n) is 17.8. The van der Waals surface area contributed by atoms with Gasteiger partial charge in [-0.3, -0.25) is 14.6 Å². The van der Waals surface area contributed by atoms with Gasteiger partial charge in [-0.25, -0.2) is 4.39 Å². The molecular formula is C24H20ClFN4O3. The SMILES string of the molecule is C=CC(=O)N1CCN2c3c(cnc4cc(-c5c(O)cccc5F)c(Cl)cc34)N(C)C(=O)C2C1. The molecule has 2 aromatic carbocycles. The van der Waals surface area contributed by atoms with E-state index in [1.165, 1.54) is 29.2 Å². The number of hydrogen-bond acceptors (Lipinski definition) is 5. The molecule has 1 aromatic heterocycles. The zero-order chi connectivity index (χ0) is 23.4. The molecule has 0 saturated carbocycles. The first-order valence-corrected chi connectivity index (χ1v) is 10.7. The van der Waals surface area contributed by atoms with Crippen molar-refractivity contribution in [2.45, 2.75) is 6.04 Å². The molecule has 9 heteroatoms. The molecule has 7 nitrogen and oxygen atoms in total. The van der Waals surface area contributed by atoms with E-state index in [-0.39, 0.29) is 34.7 Å². The van der Waals surface area contributed by atoms with Crippen LogP contribution in [0.3, 0.4) is 0 Å². The molecule has 33 heavy (non-hydrogen) atoms. The van der Waals surface area contributed by atoms with Gasteiger partial charge in [-0.1, -0.05) is 24.2 Å². The van der Waals surface area contributed by atoms with Gasteiger partial charge in [-0.2, -0.15) is 0 Å². The van der Waals surface area contributed by atoms with E-state index in [0.717, 1.165) is 5.69 Å². The molecule has 3 aromatic rings. The molecule has 2 amide bonds. The monoisotopic (exact) mass is 466 g/mol. The number of hydrogen-bond donors (Lipinski definition) is 1. The third-order valence-corrected chi connectivity index (χ3v) is 6.61. The van der Waals surface area contributed by atoms with E-state index >= 15 is 0 Å². The number of phenols is 1. The van der Waals surface area contributed by atoms with Gasteiger partial charge < -0.3 is 19.8 Å². The Kier molecular flexibility index (Phi) is 4.97. The van der Waals surface area contributed by atoms with Gasteiger partial charge in [0.05, 0.1) is 35.2 Å². The normalized spacial score (nSPS) is 17.7. The van der Waals surface area contributed by atoms with Crippen molar-refractivity contribution >= 4 is 45.7 Å². The van der Waals surface area contributed by atoms with E-state index in [2.05, 4.69) is 11.6 Å². The van der Waals surface area contributed by atoms with E-state index in [1.54, 1.807) is 30.3 Å². The van der Waals surface area contributed by atoms with Crippen molar-refractivity contribution in [3.8, 4) is 16.9 Å². The Morgan fingerprint density at radius 3 is 2.85 bits per heavy atom. The van der Waals surface area contributed by atoms with E-state index in [0.29, 0.717) is 35.2 Å². The number of aromatic nitrogens is 1. The van der Waals surface area contributed by atoms with Crippen molar-refractivity contribution < 1.29 is 19.1 Å². The summed E-state index contributed by atoms with van der Waals surface area (Å²) in [7, 11) is 1.67. The molecule has 0 radical (unpaired) electrons. The second-order valence-electron chi connectivity index (χ2n) is 8.07. The van der Waals surface area contributed by atoms with Crippen LogP contribution in [0.15, 0.2) is 49.2 Å². The lowest BCUT2D eigenvalue weighted by atomic mass is 9.98. The summed E-state index contributed by atoms with van der Waals surface area (Å²) in [6, 6.07) is 6.84. The molecule has 168 valence electrons. The molecule has 1 N–H and O–H groups in total. The minimum Gasteiger partial charge on any atom is -0.507 e. The van der Waals surface area contributed by atoms with Gasteiger partial charge in [0.2, 0.25) is 5.91 Å². The fourth-order valence-corrected chi connectivity index (χ4v) is 4.90. The van der Waals surface area contributed by atoms with Crippen LogP contribution in [0.25, 0.3) is 22.0 Å². The van der Waals surface area contributed by atoms with Crippen molar-refractivity contribution in [3.05, 3.63) is 60.0 Å². The number of nitrogens with zero attached hydrogens (tertiary/aromatic N) is 4. The molecule has 0 spiro atoms. The fraction of sp³-hybridized carbons (Fsp3) is 0.208. The van der Waals surface area contributed by atoms with E-state index < -0.39 is 11.9 Å². The Bertz CT molecular complexity index is 1320. The first kappa shape index (κ1) is 21.2. The average Bonchev–Trinajstić information content (AvgIpc) is 2.81. The minimum absolute atomic E-state index is 0.00523. The van der Waals surface area contributed by atoms with Crippen molar-refractivity contribution in [2.24, 2.45) is 0 Å². The van der Waals surface area contributed by atoms with Crippen LogP contribution < -0.4 is 9.80 Å². The van der Waals surface area contributed by atoms with Crippen LogP contribution in [0.4, 0.5) is 15.8 Å². The first-order chi connectivity index (χ1) is 15.8. The number of phenolic OH excluding ortho intramolecular Hbond substituents is 1. The molecule has 0 bridgehead atoms. The minimum atomic E-state index is -0.595. The lowest BCUT2D eigenvalue weighted by molar-refractivity contribution is -0.128. The Morgan fingerprint density at radius 1 is 1.33 bits per heavy atom. The number of rotatable bonds is 2. The molecule has 1 atom stereocenters. The van der Waals surface area contributed by atoms with Crippen LogP contribution in [0, 0.1) is 5.82 Å². The largest absolute Gasteiger partial charge is 0.507 e. The third kappa shape index (κ3) is 3.21. The lowest BCUT2D eigenvalue weighted by Gasteiger charge is -2.47. The second-order valence-corrected chi connectivity index (χ2v) is 8.48. The van der Waals surface area contributed by atoms with Crippen molar-refractivity contribution in [2.75, 3.05) is 36.5 Å². The summed E-state index contributed by atoms with van der Waals surface area (Å²) in [5.41, 5.74) is 2.28. The summed E-state index contributed by atoms with van der Waals surface area (Å²) >= 11 is 6.58. The summed E-state index contributed by atoms with van der Waals surface area (Å²) in [6.45, 7) is 4.67. The van der Waals surface area contributed by atoms with E-state index in [1.807, 2.05) is 4.90 Å². The Balaban J connectivity index is 1.67. The van der Waals surface area contributed by atoms with Crippen molar-refractivity contribution in [3.63, 3.8) is 0 Å². The number of carbonyl (C=O) groups is 2. The van der Waals surface area contributed by atoms with E-state index in [4.69, 9.17) is 11.6 Å². The maximum atomic E-state index is 14.5. The standard InChI is InChI=1S/C24H20ClFN4O3/c1-3-21(32)29-7-8-30-19(12-29)24(33)28(2)18-11-27-17-10-13(15(25)9-14(17)23(18)30)22-16(26)5-4-6-20(22)31/h3-6,9-11,19,31H,1,7-8,12H2,2H3. The van der Waals surface area contributed by atoms with Crippen molar-refractivity contribution in [1.29, 1.82) is 0 Å². The second kappa shape index (κ2) is 7.74. The smallest absolute Gasteiger partial charge is 0.251 e. The lowest BCUT2D eigenvalue weighted by Crippen LogP contribution is -2.62. The zero-order valence-corrected chi connectivity index (χ0v) is 18.5. The molecule has 0 aliphatic carbocycles. The molecule has 1 saturated heterocycles. The molecule has 1 fully saturated rings. The predicted octanol–water partition coefficient (Wildman–Crippen LogP) is 3.58. The number of amides is 2. The number of piperazine rings is 1. The number of anilines is 2. The van der Waals surface area contributed by atoms with Gasteiger partial charge in [0, 0.05) is 36.1 Å². The highest BCUT2D eigenvalue weighted by molar-refractivity contribution is 6.34. The first-order valence-electron chi connectivity index (χ1n) is 10.4. The molecule has 2 aliphatic heterocycles. The number of pyridine rings is 1. The van der Waals surface area contributed by atoms with Gasteiger partial charge in [-0.15, -0.1) is 0 Å². The maximum Gasteiger partial charge on any atom is 0.251 e. The number of aromatic hydroxyl groups is 1. The van der Waals surface area contributed by atoms with Crippen molar-refractivity contribution in [1.82, 2.24) is 9.88 Å². The number of fused-ring (bicyclic) bond motifs is 5. The Hall–Kier alpha value is -3.65. The number of carbonyl (C=O) groups excluding carboxylic acids is 2. The van der Waals surface area contributed by atoms with Gasteiger partial charge in [0.15, 0.2) is 0 Å². The topological polar surface area (TPSA) is 77.0 Å². The number of likely N-dealkylation sites (N-methyl/N-ethyl adjacent to an activating group) is 1. The summed E-state index contributed by atoms with van der Waals surface area (Å²) in [5, 5.41) is 11.2. The summed E-state index contributed by atoms with van der Waals surface area (Å²) < 4.78 is 14.5. The molecule has 5 rings (SSSR count). The van der Waals surface area contributed by atoms with Gasteiger partial charge in [0.25, 0.3) is 5.91 Å². The van der Waals surface area contributed by atoms with Crippen LogP contribution in [0.1, 0.15) is 0 Å². The fourth-order valence-electron chi connectivity index (χ4n) is 4.64. The van der Waals surface area contributed by atoms with E-state index in [9.17, 15) is 19.1 Å². The van der Waals surface area contributed by atoms with Crippen LogP contribution in [-0.4, -0.2) is 59.5 Å². The van der Waals surface area contributed by atoms with Crippen LogP contribution >= 0.6 is 11.6 Å². The van der Waals surface area contributed by atoms with Gasteiger partial charge in [0.1, 0.15) is 17.6 Å². The summed E-state index contributed by atoms with van der Waals surface area (Å²) in [4.78, 5) is 34.9. The summed E-state index contributed by atoms with van der Waals surface area (Å²) in [6.07, 6.45) is 2.85. The van der Waals surface area contributed by atoms with Gasteiger partial charge in [-0.05, 0) is 30.3 Å². The highest BCUT2D eigenvalue weighted by Gasteiger charge is 2.42. The highest BCUT2D eigenvalue weighted by Crippen LogP contribution is 2.45. The van der Waals surface area contributed by atoms with Gasteiger partial charge >= 0.3 is 0 Å². The van der Waals surface area contributed by atoms with Crippen LogP contribution in [0.2, 0.25) is 5.02 Å². The number of halogens is 2. The molecule has 1 unspecified atom stereocenters. The quantitative estimate of drug-likeness (QED) is 0.584. The highest BCUT2D eigenvalue weighted by atomic mass is 35.5. The third-order valence-electron chi connectivity index (χ3n) is 6.30. The summed E-state index contributed by atoms with van der Waals surface area (Å²) in [5.74, 6) is -1.16. The maximum absolute atomic E-state index is 14.5. The average molecular weight is 467 g/mol. The predicted molar refractivity (Wildman–Crippen MR) is 125 cm³/mol.